The van der Waals surface area contributed by atoms with E-state index in [0.717, 1.165) is 36.7 Å². The van der Waals surface area contributed by atoms with Gasteiger partial charge >= 0.3 is 0 Å². The molecule has 2 aromatic heterocycles. The molecule has 0 aromatic carbocycles. The van der Waals surface area contributed by atoms with Gasteiger partial charge in [-0.3, -0.25) is 4.68 Å². The number of rotatable bonds is 7. The summed E-state index contributed by atoms with van der Waals surface area (Å²) in [6.07, 6.45) is 4.34. The van der Waals surface area contributed by atoms with Crippen LogP contribution in [-0.2, 0) is 13.5 Å². The second kappa shape index (κ2) is 7.06. The number of aryl methyl sites for hydroxylation is 1. The molecular weight excluding hydrogens is 264 g/mol. The van der Waals surface area contributed by atoms with Crippen LogP contribution in [0.4, 0.5) is 11.6 Å². The Bertz CT molecular complexity index is 575. The maximum absolute atomic E-state index is 4.40. The fourth-order valence-electron chi connectivity index (χ4n) is 2.35. The van der Waals surface area contributed by atoms with Crippen LogP contribution in [0.3, 0.4) is 0 Å². The van der Waals surface area contributed by atoms with Crippen LogP contribution in [0.25, 0.3) is 0 Å². The molecular formula is C15H24N6. The lowest BCUT2D eigenvalue weighted by atomic mass is 10.0. The summed E-state index contributed by atoms with van der Waals surface area (Å²) in [7, 11) is 1.96. The van der Waals surface area contributed by atoms with Gasteiger partial charge in [-0.15, -0.1) is 0 Å². The molecule has 0 aliphatic carbocycles. The van der Waals surface area contributed by atoms with E-state index in [1.54, 1.807) is 6.33 Å². The summed E-state index contributed by atoms with van der Waals surface area (Å²) in [5.74, 6) is 2.20. The molecule has 114 valence electrons. The number of hydrogen-bond acceptors (Lipinski definition) is 5. The summed E-state index contributed by atoms with van der Waals surface area (Å²) in [6, 6.07) is 2.04. The highest BCUT2D eigenvalue weighted by Gasteiger charge is 2.14. The Labute approximate surface area is 126 Å². The van der Waals surface area contributed by atoms with Crippen LogP contribution in [0.2, 0.25) is 0 Å². The van der Waals surface area contributed by atoms with Gasteiger partial charge in [-0.2, -0.15) is 5.10 Å². The average Bonchev–Trinajstić information content (AvgIpc) is 2.85. The first-order valence-electron chi connectivity index (χ1n) is 7.43. The van der Waals surface area contributed by atoms with E-state index in [1.807, 2.05) is 24.0 Å². The maximum atomic E-state index is 4.40. The Morgan fingerprint density at radius 1 is 1.19 bits per heavy atom. The smallest absolute Gasteiger partial charge is 0.134 e. The summed E-state index contributed by atoms with van der Waals surface area (Å²) in [4.78, 5) is 8.75. The van der Waals surface area contributed by atoms with E-state index in [2.05, 4.69) is 46.5 Å². The minimum atomic E-state index is 0.361. The van der Waals surface area contributed by atoms with Gasteiger partial charge in [0.15, 0.2) is 0 Å². The van der Waals surface area contributed by atoms with E-state index in [0.29, 0.717) is 5.92 Å². The number of nitrogens with zero attached hydrogens (tertiary/aromatic N) is 4. The molecule has 0 aliphatic heterocycles. The number of aromatic nitrogens is 4. The molecule has 0 fully saturated rings. The van der Waals surface area contributed by atoms with E-state index in [9.17, 15) is 0 Å². The zero-order chi connectivity index (χ0) is 15.2. The Kier molecular flexibility index (Phi) is 5.14. The van der Waals surface area contributed by atoms with Crippen LogP contribution >= 0.6 is 0 Å². The van der Waals surface area contributed by atoms with Gasteiger partial charge in [0.05, 0.1) is 0 Å². The van der Waals surface area contributed by atoms with Crippen molar-refractivity contribution in [1.29, 1.82) is 0 Å². The molecule has 0 radical (unpaired) electrons. The van der Waals surface area contributed by atoms with Crippen molar-refractivity contribution in [2.24, 2.45) is 7.05 Å². The lowest BCUT2D eigenvalue weighted by Gasteiger charge is -2.17. The molecule has 6 nitrogen and oxygen atoms in total. The van der Waals surface area contributed by atoms with Crippen molar-refractivity contribution in [3.63, 3.8) is 0 Å². The molecule has 2 aromatic rings. The van der Waals surface area contributed by atoms with Crippen molar-refractivity contribution in [2.75, 3.05) is 23.7 Å². The van der Waals surface area contributed by atoms with Crippen molar-refractivity contribution in [2.45, 2.75) is 33.1 Å². The molecule has 0 unspecified atom stereocenters. The van der Waals surface area contributed by atoms with Gasteiger partial charge in [0, 0.05) is 44.0 Å². The Morgan fingerprint density at radius 3 is 2.48 bits per heavy atom. The molecule has 0 spiro atoms. The third-order valence-corrected chi connectivity index (χ3v) is 3.40. The number of nitrogens with one attached hydrogen (secondary N) is 2. The highest BCUT2D eigenvalue weighted by molar-refractivity contribution is 5.58. The Balaban J connectivity index is 2.08. The average molecular weight is 288 g/mol. The van der Waals surface area contributed by atoms with Gasteiger partial charge in [0.1, 0.15) is 18.0 Å². The van der Waals surface area contributed by atoms with Crippen molar-refractivity contribution in [1.82, 2.24) is 19.7 Å². The number of hydrogen-bond donors (Lipinski definition) is 2. The molecule has 0 saturated carbocycles. The molecule has 2 heterocycles. The van der Waals surface area contributed by atoms with Crippen LogP contribution in [0.5, 0.6) is 0 Å². The maximum Gasteiger partial charge on any atom is 0.134 e. The van der Waals surface area contributed by atoms with Gasteiger partial charge in [-0.25, -0.2) is 9.97 Å². The van der Waals surface area contributed by atoms with Crippen LogP contribution < -0.4 is 10.6 Å². The van der Waals surface area contributed by atoms with Crippen LogP contribution in [0.15, 0.2) is 18.6 Å². The molecule has 0 aliphatic rings. The van der Waals surface area contributed by atoms with Crippen molar-refractivity contribution in [3.8, 4) is 0 Å². The molecule has 21 heavy (non-hydrogen) atoms. The van der Waals surface area contributed by atoms with Crippen molar-refractivity contribution < 1.29 is 0 Å². The van der Waals surface area contributed by atoms with Gasteiger partial charge in [-0.1, -0.05) is 13.8 Å². The highest BCUT2D eigenvalue weighted by Crippen LogP contribution is 2.28. The third-order valence-electron chi connectivity index (χ3n) is 3.40. The molecule has 2 rings (SSSR count). The second-order valence-corrected chi connectivity index (χ2v) is 5.29. The molecule has 0 saturated heterocycles. The quantitative estimate of drug-likeness (QED) is 0.819. The van der Waals surface area contributed by atoms with E-state index in [4.69, 9.17) is 0 Å². The van der Waals surface area contributed by atoms with Gasteiger partial charge in [-0.05, 0) is 18.9 Å². The lowest BCUT2D eigenvalue weighted by molar-refractivity contribution is 0.710. The monoisotopic (exact) mass is 288 g/mol. The highest BCUT2D eigenvalue weighted by atomic mass is 15.3. The molecule has 6 heteroatoms. The van der Waals surface area contributed by atoms with Gasteiger partial charge in [0.2, 0.25) is 0 Å². The van der Waals surface area contributed by atoms with E-state index in [-0.39, 0.29) is 0 Å². The van der Waals surface area contributed by atoms with Crippen molar-refractivity contribution in [3.05, 3.63) is 29.8 Å². The Morgan fingerprint density at radius 2 is 1.90 bits per heavy atom. The minimum absolute atomic E-state index is 0.361. The second-order valence-electron chi connectivity index (χ2n) is 5.29. The van der Waals surface area contributed by atoms with Crippen LogP contribution in [-0.4, -0.2) is 32.8 Å². The summed E-state index contributed by atoms with van der Waals surface area (Å²) < 4.78 is 1.90. The standard InChI is InChI=1S/C15H24N6/c1-5-16-14-13(11(2)3)15(19-10-18-14)17-8-6-12-7-9-20-21(12)4/h7,9-11H,5-6,8H2,1-4H3,(H2,16,17,18,19). The first-order chi connectivity index (χ1) is 10.1. The minimum Gasteiger partial charge on any atom is -0.370 e. The van der Waals surface area contributed by atoms with Crippen molar-refractivity contribution >= 4 is 11.6 Å². The number of anilines is 2. The SMILES string of the molecule is CCNc1ncnc(NCCc2ccnn2C)c1C(C)C. The molecule has 0 atom stereocenters. The predicted octanol–water partition coefficient (Wildman–Crippen LogP) is 2.42. The van der Waals surface area contributed by atoms with E-state index >= 15 is 0 Å². The van der Waals surface area contributed by atoms with Crippen LogP contribution in [0, 0.1) is 0 Å². The topological polar surface area (TPSA) is 67.7 Å². The fourth-order valence-corrected chi connectivity index (χ4v) is 2.35. The molecule has 0 amide bonds. The first-order valence-corrected chi connectivity index (χ1v) is 7.43. The summed E-state index contributed by atoms with van der Waals surface area (Å²) in [6.45, 7) is 8.06. The largest absolute Gasteiger partial charge is 0.370 e. The summed E-state index contributed by atoms with van der Waals surface area (Å²) >= 11 is 0. The fraction of sp³-hybridized carbons (Fsp3) is 0.533. The third kappa shape index (κ3) is 3.71. The normalized spacial score (nSPS) is 10.9. The lowest BCUT2D eigenvalue weighted by Crippen LogP contribution is -2.14. The van der Waals surface area contributed by atoms with Gasteiger partial charge < -0.3 is 10.6 Å². The molecule has 2 N–H and O–H groups in total. The van der Waals surface area contributed by atoms with Crippen LogP contribution in [0.1, 0.15) is 37.9 Å². The van der Waals surface area contributed by atoms with E-state index < -0.39 is 0 Å². The summed E-state index contributed by atoms with van der Waals surface area (Å²) in [5, 5.41) is 10.9. The zero-order valence-corrected chi connectivity index (χ0v) is 13.2. The zero-order valence-electron chi connectivity index (χ0n) is 13.2. The summed E-state index contributed by atoms with van der Waals surface area (Å²) in [5.41, 5.74) is 2.35. The first kappa shape index (κ1) is 15.3. The van der Waals surface area contributed by atoms with E-state index in [1.165, 1.54) is 5.69 Å². The Hall–Kier alpha value is -2.11. The van der Waals surface area contributed by atoms with Gasteiger partial charge in [0.25, 0.3) is 0 Å². The predicted molar refractivity (Wildman–Crippen MR) is 85.7 cm³/mol. The molecule has 0 bridgehead atoms.